The summed E-state index contributed by atoms with van der Waals surface area (Å²) < 4.78 is 10.6. The van der Waals surface area contributed by atoms with Gasteiger partial charge in [-0.15, -0.1) is 0 Å². The first kappa shape index (κ1) is 19.2. The summed E-state index contributed by atoms with van der Waals surface area (Å²) in [4.78, 5) is 28.2. The van der Waals surface area contributed by atoms with Crippen LogP contribution >= 0.6 is 0 Å². The zero-order chi connectivity index (χ0) is 17.9. The highest BCUT2D eigenvalue weighted by molar-refractivity contribution is 5.67. The largest absolute Gasteiger partial charge is 0.463 e. The summed E-state index contributed by atoms with van der Waals surface area (Å²) in [6.07, 6.45) is 9.25. The molecular weight excluding hydrogens is 320 g/mol. The normalized spacial score (nSPS) is 22.5. The molecule has 0 atom stereocenters. The van der Waals surface area contributed by atoms with Crippen molar-refractivity contribution in [1.82, 2.24) is 9.88 Å². The standard InChI is InChI=1S/C14H23NO4.C5H5N/c1-11(16)19-13-6-4-12(5-7-13)10-18-14(17)15-8-2-3-9-15;1-2-4-6-5-3-1/h12-13H,2-10H2,1H3;1-5H. The molecule has 1 aromatic rings. The van der Waals surface area contributed by atoms with Crippen LogP contribution in [0.4, 0.5) is 4.79 Å². The Kier molecular flexibility index (Phi) is 8.22. The topological polar surface area (TPSA) is 68.7 Å². The smallest absolute Gasteiger partial charge is 0.409 e. The lowest BCUT2D eigenvalue weighted by Crippen LogP contribution is -2.31. The Bertz CT molecular complexity index is 483. The Labute approximate surface area is 149 Å². The maximum absolute atomic E-state index is 11.7. The number of amides is 1. The van der Waals surface area contributed by atoms with Gasteiger partial charge in [0.05, 0.1) is 6.61 Å². The van der Waals surface area contributed by atoms with Crippen molar-refractivity contribution in [3.05, 3.63) is 30.6 Å². The number of carbonyl (C=O) groups excluding carboxylic acids is 2. The molecule has 3 rings (SSSR count). The predicted octanol–water partition coefficient (Wildman–Crippen LogP) is 3.42. The highest BCUT2D eigenvalue weighted by Crippen LogP contribution is 2.26. The molecule has 2 aliphatic rings. The van der Waals surface area contributed by atoms with Crippen LogP contribution in [0.25, 0.3) is 0 Å². The Balaban J connectivity index is 0.000000316. The monoisotopic (exact) mass is 348 g/mol. The summed E-state index contributed by atoms with van der Waals surface area (Å²) in [6.45, 7) is 3.61. The van der Waals surface area contributed by atoms with E-state index in [9.17, 15) is 9.59 Å². The van der Waals surface area contributed by atoms with Crippen LogP contribution in [0.2, 0.25) is 0 Å². The zero-order valence-corrected chi connectivity index (χ0v) is 14.9. The third-order valence-corrected chi connectivity index (χ3v) is 4.50. The van der Waals surface area contributed by atoms with Crippen molar-refractivity contribution in [2.75, 3.05) is 19.7 Å². The number of carbonyl (C=O) groups is 2. The van der Waals surface area contributed by atoms with E-state index in [2.05, 4.69) is 4.98 Å². The first-order valence-corrected chi connectivity index (χ1v) is 9.09. The van der Waals surface area contributed by atoms with Crippen molar-refractivity contribution in [3.8, 4) is 0 Å². The third kappa shape index (κ3) is 7.54. The molecule has 0 bridgehead atoms. The minimum Gasteiger partial charge on any atom is -0.463 e. The van der Waals surface area contributed by atoms with Gasteiger partial charge in [0.15, 0.2) is 0 Å². The molecule has 0 N–H and O–H groups in total. The molecule has 1 aromatic heterocycles. The van der Waals surface area contributed by atoms with Crippen molar-refractivity contribution < 1.29 is 19.1 Å². The third-order valence-electron chi connectivity index (χ3n) is 4.50. The van der Waals surface area contributed by atoms with E-state index >= 15 is 0 Å². The molecule has 1 aliphatic carbocycles. The van der Waals surface area contributed by atoms with Crippen molar-refractivity contribution in [1.29, 1.82) is 0 Å². The van der Waals surface area contributed by atoms with Gasteiger partial charge in [0, 0.05) is 32.4 Å². The molecule has 1 amide bonds. The van der Waals surface area contributed by atoms with Crippen LogP contribution in [0.5, 0.6) is 0 Å². The summed E-state index contributed by atoms with van der Waals surface area (Å²) in [7, 11) is 0. The fourth-order valence-electron chi connectivity index (χ4n) is 3.14. The van der Waals surface area contributed by atoms with Crippen LogP contribution in [0, 0.1) is 5.92 Å². The number of hydrogen-bond acceptors (Lipinski definition) is 5. The zero-order valence-electron chi connectivity index (χ0n) is 14.9. The van der Waals surface area contributed by atoms with Crippen molar-refractivity contribution in [2.45, 2.75) is 51.6 Å². The number of likely N-dealkylation sites (tertiary alicyclic amines) is 1. The van der Waals surface area contributed by atoms with E-state index in [0.717, 1.165) is 51.6 Å². The number of ether oxygens (including phenoxy) is 2. The number of pyridine rings is 1. The fourth-order valence-corrected chi connectivity index (χ4v) is 3.14. The Hall–Kier alpha value is -2.11. The first-order chi connectivity index (χ1) is 12.1. The first-order valence-electron chi connectivity index (χ1n) is 9.09. The minimum atomic E-state index is -0.205. The molecule has 2 fully saturated rings. The Morgan fingerprint density at radius 3 is 2.16 bits per heavy atom. The van der Waals surface area contributed by atoms with Gasteiger partial charge in [0.1, 0.15) is 6.10 Å². The SMILES string of the molecule is CC(=O)OC1CCC(COC(=O)N2CCCC2)CC1.c1ccncc1. The molecule has 0 aromatic carbocycles. The molecule has 138 valence electrons. The Morgan fingerprint density at radius 2 is 1.68 bits per heavy atom. The van der Waals surface area contributed by atoms with Gasteiger partial charge in [-0.3, -0.25) is 9.78 Å². The molecule has 1 saturated carbocycles. The molecule has 1 saturated heterocycles. The van der Waals surface area contributed by atoms with E-state index in [1.54, 1.807) is 17.3 Å². The maximum atomic E-state index is 11.7. The number of nitrogens with zero attached hydrogens (tertiary/aromatic N) is 2. The van der Waals surface area contributed by atoms with Gasteiger partial charge in [-0.25, -0.2) is 4.79 Å². The highest BCUT2D eigenvalue weighted by atomic mass is 16.6. The van der Waals surface area contributed by atoms with E-state index < -0.39 is 0 Å². The van der Waals surface area contributed by atoms with Crippen molar-refractivity contribution in [2.24, 2.45) is 5.92 Å². The second-order valence-electron chi connectivity index (χ2n) is 6.55. The lowest BCUT2D eigenvalue weighted by molar-refractivity contribution is -0.148. The molecule has 1 aliphatic heterocycles. The number of esters is 1. The van der Waals surface area contributed by atoms with E-state index in [1.165, 1.54) is 6.92 Å². The lowest BCUT2D eigenvalue weighted by Gasteiger charge is -2.28. The van der Waals surface area contributed by atoms with E-state index in [4.69, 9.17) is 9.47 Å². The number of aromatic nitrogens is 1. The summed E-state index contributed by atoms with van der Waals surface area (Å²) in [5.41, 5.74) is 0. The van der Waals surface area contributed by atoms with Gasteiger partial charge < -0.3 is 14.4 Å². The van der Waals surface area contributed by atoms with Crippen molar-refractivity contribution >= 4 is 12.1 Å². The summed E-state index contributed by atoms with van der Waals surface area (Å²) in [5, 5.41) is 0. The predicted molar refractivity (Wildman–Crippen MR) is 93.9 cm³/mol. The molecule has 0 spiro atoms. The maximum Gasteiger partial charge on any atom is 0.409 e. The van der Waals surface area contributed by atoms with Gasteiger partial charge in [-0.05, 0) is 56.6 Å². The van der Waals surface area contributed by atoms with Gasteiger partial charge >= 0.3 is 12.1 Å². The van der Waals surface area contributed by atoms with Crippen LogP contribution < -0.4 is 0 Å². The van der Waals surface area contributed by atoms with Crippen LogP contribution in [0.15, 0.2) is 30.6 Å². The molecule has 2 heterocycles. The number of rotatable bonds is 3. The van der Waals surface area contributed by atoms with Crippen LogP contribution in [0.3, 0.4) is 0 Å². The van der Waals surface area contributed by atoms with Crippen molar-refractivity contribution in [3.63, 3.8) is 0 Å². The Morgan fingerprint density at radius 1 is 1.04 bits per heavy atom. The fraction of sp³-hybridized carbons (Fsp3) is 0.632. The van der Waals surface area contributed by atoms with Crippen LogP contribution in [-0.4, -0.2) is 47.7 Å². The molecule has 0 radical (unpaired) electrons. The quantitative estimate of drug-likeness (QED) is 0.783. The molecule has 6 nitrogen and oxygen atoms in total. The molecule has 25 heavy (non-hydrogen) atoms. The lowest BCUT2D eigenvalue weighted by atomic mass is 9.88. The summed E-state index contributed by atoms with van der Waals surface area (Å²) in [5.74, 6) is 0.210. The second-order valence-corrected chi connectivity index (χ2v) is 6.55. The molecular formula is C19H28N2O4. The van der Waals surface area contributed by atoms with E-state index in [0.29, 0.717) is 12.5 Å². The second kappa shape index (κ2) is 10.7. The van der Waals surface area contributed by atoms with Gasteiger partial charge in [-0.1, -0.05) is 6.07 Å². The average molecular weight is 348 g/mol. The van der Waals surface area contributed by atoms with Gasteiger partial charge in [0.25, 0.3) is 0 Å². The molecule has 0 unspecified atom stereocenters. The van der Waals surface area contributed by atoms with Crippen LogP contribution in [-0.2, 0) is 14.3 Å². The summed E-state index contributed by atoms with van der Waals surface area (Å²) >= 11 is 0. The van der Waals surface area contributed by atoms with Gasteiger partial charge in [0.2, 0.25) is 0 Å². The minimum absolute atomic E-state index is 0.0584. The molecule has 6 heteroatoms. The highest BCUT2D eigenvalue weighted by Gasteiger charge is 2.25. The van der Waals surface area contributed by atoms with E-state index in [-0.39, 0.29) is 18.2 Å². The van der Waals surface area contributed by atoms with Gasteiger partial charge in [-0.2, -0.15) is 0 Å². The van der Waals surface area contributed by atoms with E-state index in [1.807, 2.05) is 18.2 Å². The van der Waals surface area contributed by atoms with Crippen LogP contribution in [0.1, 0.15) is 45.4 Å². The summed E-state index contributed by atoms with van der Waals surface area (Å²) in [6, 6.07) is 5.72. The average Bonchev–Trinajstić information content (AvgIpc) is 3.17. The number of hydrogen-bond donors (Lipinski definition) is 0.